The zero-order valence-corrected chi connectivity index (χ0v) is 9.76. The van der Waals surface area contributed by atoms with Crippen molar-refractivity contribution in [3.8, 4) is 5.75 Å². The van der Waals surface area contributed by atoms with Crippen molar-refractivity contribution in [3.05, 3.63) is 24.0 Å². The Labute approximate surface area is 87.5 Å². The van der Waals surface area contributed by atoms with Gasteiger partial charge in [-0.2, -0.15) is 0 Å². The lowest BCUT2D eigenvalue weighted by Crippen LogP contribution is -2.20. The van der Waals surface area contributed by atoms with Gasteiger partial charge in [0.1, 0.15) is 5.75 Å². The third-order valence-corrected chi connectivity index (χ3v) is 3.40. The number of methoxy groups -OCH3 is 1. The van der Waals surface area contributed by atoms with Crippen molar-refractivity contribution in [2.45, 2.75) is 19.3 Å². The fourth-order valence-corrected chi connectivity index (χ4v) is 1.26. The molecule has 1 rings (SSSR count). The van der Waals surface area contributed by atoms with Gasteiger partial charge in [-0.1, -0.05) is 29.8 Å². The Bertz CT molecular complexity index is 269. The molecule has 3 heteroatoms. The summed E-state index contributed by atoms with van der Waals surface area (Å²) in [6, 6.07) is 3.94. The summed E-state index contributed by atoms with van der Waals surface area (Å²) in [6.07, 6.45) is 1.75. The van der Waals surface area contributed by atoms with Crippen LogP contribution >= 0.6 is 15.9 Å². The Morgan fingerprint density at radius 2 is 2.15 bits per heavy atom. The second-order valence-electron chi connectivity index (χ2n) is 3.60. The topological polar surface area (TPSA) is 22.1 Å². The summed E-state index contributed by atoms with van der Waals surface area (Å²) >= 11 is 3.47. The van der Waals surface area contributed by atoms with Crippen LogP contribution in [0.25, 0.3) is 0 Å². The van der Waals surface area contributed by atoms with E-state index in [2.05, 4.69) is 34.8 Å². The highest BCUT2D eigenvalue weighted by Crippen LogP contribution is 2.24. The van der Waals surface area contributed by atoms with Crippen LogP contribution in [0.3, 0.4) is 0 Å². The van der Waals surface area contributed by atoms with Crippen LogP contribution in [0.1, 0.15) is 19.5 Å². The molecular weight excluding hydrogens is 230 g/mol. The molecule has 0 aliphatic carbocycles. The third kappa shape index (κ3) is 2.44. The van der Waals surface area contributed by atoms with E-state index in [-0.39, 0.29) is 5.41 Å². The zero-order chi connectivity index (χ0) is 9.90. The number of ether oxygens (including phenoxy) is 1. The summed E-state index contributed by atoms with van der Waals surface area (Å²) in [6.45, 7) is 4.30. The Balaban J connectivity index is 2.92. The molecule has 0 saturated heterocycles. The molecule has 13 heavy (non-hydrogen) atoms. The molecule has 0 radical (unpaired) electrons. The number of alkyl halides is 1. The van der Waals surface area contributed by atoms with E-state index in [1.165, 1.54) is 0 Å². The molecule has 72 valence electrons. The lowest BCUT2D eigenvalue weighted by molar-refractivity contribution is 0.411. The average Bonchev–Trinajstić information content (AvgIpc) is 2.18. The molecule has 0 aliphatic heterocycles. The molecular formula is C10H14BrNO. The van der Waals surface area contributed by atoms with E-state index in [1.807, 2.05) is 12.1 Å². The zero-order valence-electron chi connectivity index (χ0n) is 8.17. The first kappa shape index (κ1) is 10.5. The second-order valence-corrected chi connectivity index (χ2v) is 4.16. The van der Waals surface area contributed by atoms with Crippen molar-refractivity contribution < 1.29 is 4.74 Å². The SMILES string of the molecule is COc1ccc(C(C)(C)CBr)nc1. The fraction of sp³-hybridized carbons (Fsp3) is 0.500. The third-order valence-electron chi connectivity index (χ3n) is 2.00. The van der Waals surface area contributed by atoms with Gasteiger partial charge in [-0.05, 0) is 12.1 Å². The summed E-state index contributed by atoms with van der Waals surface area (Å²) < 4.78 is 5.04. The van der Waals surface area contributed by atoms with Gasteiger partial charge < -0.3 is 4.74 Å². The van der Waals surface area contributed by atoms with E-state index >= 15 is 0 Å². The predicted octanol–water partition coefficient (Wildman–Crippen LogP) is 2.76. The summed E-state index contributed by atoms with van der Waals surface area (Å²) in [5.41, 5.74) is 1.15. The van der Waals surface area contributed by atoms with Gasteiger partial charge in [-0.15, -0.1) is 0 Å². The van der Waals surface area contributed by atoms with Gasteiger partial charge in [0.15, 0.2) is 0 Å². The molecule has 2 nitrogen and oxygen atoms in total. The number of hydrogen-bond donors (Lipinski definition) is 0. The number of hydrogen-bond acceptors (Lipinski definition) is 2. The number of pyridine rings is 1. The molecule has 0 atom stereocenters. The van der Waals surface area contributed by atoms with Crippen LogP contribution in [-0.2, 0) is 5.41 Å². The monoisotopic (exact) mass is 243 g/mol. The van der Waals surface area contributed by atoms with Crippen molar-refractivity contribution in [3.63, 3.8) is 0 Å². The van der Waals surface area contributed by atoms with Crippen LogP contribution in [0.15, 0.2) is 18.3 Å². The minimum atomic E-state index is 0.0757. The van der Waals surface area contributed by atoms with Gasteiger partial charge in [-0.3, -0.25) is 4.98 Å². The summed E-state index contributed by atoms with van der Waals surface area (Å²) in [5.74, 6) is 0.800. The van der Waals surface area contributed by atoms with Crippen LogP contribution in [0.4, 0.5) is 0 Å². The maximum atomic E-state index is 5.04. The van der Waals surface area contributed by atoms with Crippen molar-refractivity contribution >= 4 is 15.9 Å². The standard InChI is InChI=1S/C10H14BrNO/c1-10(2,7-11)9-5-4-8(13-3)6-12-9/h4-6H,7H2,1-3H3. The maximum absolute atomic E-state index is 5.04. The molecule has 0 N–H and O–H groups in total. The van der Waals surface area contributed by atoms with Gasteiger partial charge in [0.2, 0.25) is 0 Å². The first-order valence-electron chi connectivity index (χ1n) is 4.16. The minimum Gasteiger partial charge on any atom is -0.495 e. The maximum Gasteiger partial charge on any atom is 0.137 e. The fourth-order valence-electron chi connectivity index (χ4n) is 0.970. The largest absolute Gasteiger partial charge is 0.495 e. The van der Waals surface area contributed by atoms with Crippen molar-refractivity contribution in [2.24, 2.45) is 0 Å². The molecule has 1 aromatic heterocycles. The quantitative estimate of drug-likeness (QED) is 0.763. The molecule has 0 saturated carbocycles. The van der Waals surface area contributed by atoms with Crippen molar-refractivity contribution in [2.75, 3.05) is 12.4 Å². The summed E-state index contributed by atoms with van der Waals surface area (Å²) in [4.78, 5) is 4.34. The minimum absolute atomic E-state index is 0.0757. The van der Waals surface area contributed by atoms with E-state index < -0.39 is 0 Å². The molecule has 0 amide bonds. The first-order valence-corrected chi connectivity index (χ1v) is 5.29. The van der Waals surface area contributed by atoms with Gasteiger partial charge in [0, 0.05) is 16.4 Å². The van der Waals surface area contributed by atoms with Gasteiger partial charge in [0.25, 0.3) is 0 Å². The molecule has 1 aromatic rings. The lowest BCUT2D eigenvalue weighted by atomic mass is 9.92. The molecule has 0 fully saturated rings. The van der Waals surface area contributed by atoms with Gasteiger partial charge in [-0.25, -0.2) is 0 Å². The molecule has 1 heterocycles. The molecule has 0 aromatic carbocycles. The van der Waals surface area contributed by atoms with Crippen molar-refractivity contribution in [1.82, 2.24) is 4.98 Å². The van der Waals surface area contributed by atoms with Crippen LogP contribution in [0, 0.1) is 0 Å². The van der Waals surface area contributed by atoms with Gasteiger partial charge in [0.05, 0.1) is 13.3 Å². The van der Waals surface area contributed by atoms with E-state index in [0.29, 0.717) is 0 Å². The Kier molecular flexibility index (Phi) is 3.31. The van der Waals surface area contributed by atoms with Crippen LogP contribution in [-0.4, -0.2) is 17.4 Å². The Morgan fingerprint density at radius 3 is 2.54 bits per heavy atom. The highest BCUT2D eigenvalue weighted by Gasteiger charge is 2.20. The van der Waals surface area contributed by atoms with E-state index in [1.54, 1.807) is 13.3 Å². The normalized spacial score (nSPS) is 11.4. The van der Waals surface area contributed by atoms with Crippen LogP contribution in [0.5, 0.6) is 5.75 Å². The van der Waals surface area contributed by atoms with E-state index in [4.69, 9.17) is 4.74 Å². The number of halogens is 1. The molecule has 0 aliphatic rings. The predicted molar refractivity (Wildman–Crippen MR) is 57.6 cm³/mol. The van der Waals surface area contributed by atoms with Gasteiger partial charge >= 0.3 is 0 Å². The summed E-state index contributed by atoms with van der Waals surface area (Å²) in [7, 11) is 1.65. The highest BCUT2D eigenvalue weighted by atomic mass is 79.9. The Morgan fingerprint density at radius 1 is 1.46 bits per heavy atom. The Hall–Kier alpha value is -0.570. The molecule has 0 unspecified atom stereocenters. The summed E-state index contributed by atoms with van der Waals surface area (Å²) in [5, 5.41) is 0.902. The lowest BCUT2D eigenvalue weighted by Gasteiger charge is -2.20. The van der Waals surface area contributed by atoms with E-state index in [9.17, 15) is 0 Å². The van der Waals surface area contributed by atoms with Crippen LogP contribution in [0.2, 0.25) is 0 Å². The molecule has 0 bridgehead atoms. The van der Waals surface area contributed by atoms with Crippen molar-refractivity contribution in [1.29, 1.82) is 0 Å². The second kappa shape index (κ2) is 4.09. The number of nitrogens with zero attached hydrogens (tertiary/aromatic N) is 1. The molecule has 0 spiro atoms. The first-order chi connectivity index (χ1) is 6.10. The van der Waals surface area contributed by atoms with E-state index in [0.717, 1.165) is 16.8 Å². The van der Waals surface area contributed by atoms with Crippen LogP contribution < -0.4 is 4.74 Å². The number of aromatic nitrogens is 1. The highest BCUT2D eigenvalue weighted by molar-refractivity contribution is 9.09. The smallest absolute Gasteiger partial charge is 0.137 e. The number of rotatable bonds is 3. The average molecular weight is 244 g/mol.